The lowest BCUT2D eigenvalue weighted by Crippen LogP contribution is -2.24. The Hall–Kier alpha value is -0.0200. The minimum atomic E-state index is -0.424. The quantitative estimate of drug-likeness (QED) is 0.563. The Morgan fingerprint density at radius 3 is 2.67 bits per heavy atom. The number of carbonyl (C=O) groups excluding carboxylic acids is 1. The van der Waals surface area contributed by atoms with Crippen molar-refractivity contribution in [2.45, 2.75) is 19.4 Å². The van der Waals surface area contributed by atoms with Gasteiger partial charge in [-0.15, -0.1) is 0 Å². The summed E-state index contributed by atoms with van der Waals surface area (Å²) >= 11 is 4.04. The molecule has 0 heterocycles. The summed E-state index contributed by atoms with van der Waals surface area (Å²) < 4.78 is 0. The molecule has 9 heavy (non-hydrogen) atoms. The van der Waals surface area contributed by atoms with Crippen LogP contribution in [0.1, 0.15) is 13.3 Å². The van der Waals surface area contributed by atoms with Crippen LogP contribution in [0.25, 0.3) is 0 Å². The molecule has 0 saturated heterocycles. The van der Waals surface area contributed by atoms with E-state index in [1.54, 1.807) is 6.29 Å². The molecular formula is C6H12NOS. The second kappa shape index (κ2) is 4.82. The summed E-state index contributed by atoms with van der Waals surface area (Å²) in [6.45, 7) is 2.00. The highest BCUT2D eigenvalue weighted by Gasteiger charge is 2.05. The second-order valence-electron chi connectivity index (χ2n) is 2.25. The molecule has 1 radical (unpaired) electrons. The highest BCUT2D eigenvalue weighted by molar-refractivity contribution is 7.80. The Labute approximate surface area is 61.2 Å². The van der Waals surface area contributed by atoms with Crippen LogP contribution in [-0.4, -0.2) is 18.1 Å². The molecule has 53 valence electrons. The Bertz CT molecular complexity index is 87.1. The lowest BCUT2D eigenvalue weighted by molar-refractivity contribution is 0.508. The van der Waals surface area contributed by atoms with E-state index in [4.69, 9.17) is 5.73 Å². The zero-order valence-electron chi connectivity index (χ0n) is 5.50. The van der Waals surface area contributed by atoms with Gasteiger partial charge in [0.25, 0.3) is 0 Å². The van der Waals surface area contributed by atoms with E-state index in [0.717, 1.165) is 5.75 Å². The van der Waals surface area contributed by atoms with Crippen LogP contribution in [0.5, 0.6) is 0 Å². The molecule has 2 atom stereocenters. The third kappa shape index (κ3) is 4.48. The molecule has 0 aromatic heterocycles. The molecule has 2 nitrogen and oxygen atoms in total. The molecule has 0 saturated carbocycles. The first-order chi connectivity index (χ1) is 4.20. The first-order valence-electron chi connectivity index (χ1n) is 2.94. The highest BCUT2D eigenvalue weighted by Crippen LogP contribution is 2.04. The number of hydrogen-bond donors (Lipinski definition) is 2. The van der Waals surface area contributed by atoms with Crippen LogP contribution in [0.3, 0.4) is 0 Å². The smallest absolute Gasteiger partial charge is 0.216 e. The molecule has 1 unspecified atom stereocenters. The minimum Gasteiger partial charge on any atom is -0.321 e. The summed E-state index contributed by atoms with van der Waals surface area (Å²) in [5.74, 6) is 1.18. The van der Waals surface area contributed by atoms with Gasteiger partial charge in [-0.05, 0) is 18.1 Å². The van der Waals surface area contributed by atoms with Crippen molar-refractivity contribution in [2.75, 3.05) is 5.75 Å². The van der Waals surface area contributed by atoms with Gasteiger partial charge in [-0.25, -0.2) is 0 Å². The lowest BCUT2D eigenvalue weighted by Gasteiger charge is -2.07. The third-order valence-electron chi connectivity index (χ3n) is 1.12. The van der Waals surface area contributed by atoms with Crippen LogP contribution in [0.15, 0.2) is 0 Å². The highest BCUT2D eigenvalue weighted by atomic mass is 32.1. The SMILES string of the molecule is CC(CS)C[C@H](N)[C]=O. The van der Waals surface area contributed by atoms with E-state index in [0.29, 0.717) is 12.3 Å². The predicted octanol–water partition coefficient (Wildman–Crippen LogP) is 0.379. The number of rotatable bonds is 4. The average molecular weight is 146 g/mol. The van der Waals surface area contributed by atoms with E-state index in [9.17, 15) is 4.79 Å². The van der Waals surface area contributed by atoms with Gasteiger partial charge < -0.3 is 5.73 Å². The Morgan fingerprint density at radius 1 is 1.78 bits per heavy atom. The van der Waals surface area contributed by atoms with E-state index in [1.165, 1.54) is 0 Å². The topological polar surface area (TPSA) is 43.1 Å². The Kier molecular flexibility index (Phi) is 4.81. The zero-order valence-corrected chi connectivity index (χ0v) is 6.40. The van der Waals surface area contributed by atoms with Crippen LogP contribution >= 0.6 is 12.6 Å². The van der Waals surface area contributed by atoms with E-state index < -0.39 is 6.04 Å². The first kappa shape index (κ1) is 8.98. The summed E-state index contributed by atoms with van der Waals surface area (Å²) in [6.07, 6.45) is 2.41. The summed E-state index contributed by atoms with van der Waals surface area (Å²) in [6, 6.07) is -0.424. The van der Waals surface area contributed by atoms with Gasteiger partial charge in [-0.2, -0.15) is 12.6 Å². The van der Waals surface area contributed by atoms with Gasteiger partial charge in [-0.3, -0.25) is 4.79 Å². The number of thiol groups is 1. The van der Waals surface area contributed by atoms with Crippen molar-refractivity contribution >= 4 is 18.9 Å². The van der Waals surface area contributed by atoms with Crippen LogP contribution in [0.2, 0.25) is 0 Å². The molecule has 0 aliphatic heterocycles. The van der Waals surface area contributed by atoms with Crippen molar-refractivity contribution < 1.29 is 4.79 Å². The summed E-state index contributed by atoms with van der Waals surface area (Å²) in [5.41, 5.74) is 5.29. The van der Waals surface area contributed by atoms with Gasteiger partial charge in [0.15, 0.2) is 0 Å². The van der Waals surface area contributed by atoms with Crippen molar-refractivity contribution in [2.24, 2.45) is 11.7 Å². The monoisotopic (exact) mass is 146 g/mol. The van der Waals surface area contributed by atoms with Crippen molar-refractivity contribution in [1.82, 2.24) is 0 Å². The molecule has 0 aromatic carbocycles. The van der Waals surface area contributed by atoms with Crippen LogP contribution in [0, 0.1) is 5.92 Å². The third-order valence-corrected chi connectivity index (χ3v) is 1.74. The lowest BCUT2D eigenvalue weighted by atomic mass is 10.1. The molecule has 3 heteroatoms. The van der Waals surface area contributed by atoms with Crippen molar-refractivity contribution in [3.8, 4) is 0 Å². The summed E-state index contributed by atoms with van der Waals surface area (Å²) in [4.78, 5) is 9.88. The molecule has 0 spiro atoms. The van der Waals surface area contributed by atoms with Gasteiger partial charge in [0, 0.05) is 0 Å². The maximum atomic E-state index is 9.88. The van der Waals surface area contributed by atoms with Gasteiger partial charge in [-0.1, -0.05) is 6.92 Å². The van der Waals surface area contributed by atoms with Crippen LogP contribution in [-0.2, 0) is 4.79 Å². The van der Waals surface area contributed by atoms with Crippen molar-refractivity contribution in [3.63, 3.8) is 0 Å². The Balaban J connectivity index is 3.33. The van der Waals surface area contributed by atoms with Crippen molar-refractivity contribution in [3.05, 3.63) is 0 Å². The molecule has 2 N–H and O–H groups in total. The van der Waals surface area contributed by atoms with Gasteiger partial charge >= 0.3 is 0 Å². The van der Waals surface area contributed by atoms with Crippen LogP contribution < -0.4 is 5.73 Å². The maximum Gasteiger partial charge on any atom is 0.216 e. The molecule has 0 fully saturated rings. The standard InChI is InChI=1S/C6H12NOS/c1-5(4-9)2-6(7)3-8/h5-6,9H,2,4,7H2,1H3/t5?,6-/m0/s1. The fourth-order valence-corrected chi connectivity index (χ4v) is 0.705. The number of nitrogens with two attached hydrogens (primary N) is 1. The molecular weight excluding hydrogens is 134 g/mol. The van der Waals surface area contributed by atoms with E-state index in [-0.39, 0.29) is 0 Å². The maximum absolute atomic E-state index is 9.88. The van der Waals surface area contributed by atoms with Crippen molar-refractivity contribution in [1.29, 1.82) is 0 Å². The first-order valence-corrected chi connectivity index (χ1v) is 3.58. The van der Waals surface area contributed by atoms with Gasteiger partial charge in [0.1, 0.15) is 0 Å². The molecule has 0 bridgehead atoms. The zero-order chi connectivity index (χ0) is 7.28. The largest absolute Gasteiger partial charge is 0.321 e. The minimum absolute atomic E-state index is 0.407. The molecule has 0 aliphatic rings. The predicted molar refractivity (Wildman–Crippen MR) is 41.3 cm³/mol. The molecule has 0 aliphatic carbocycles. The Morgan fingerprint density at radius 2 is 2.33 bits per heavy atom. The van der Waals surface area contributed by atoms with Gasteiger partial charge in [0.2, 0.25) is 6.29 Å². The summed E-state index contributed by atoms with van der Waals surface area (Å²) in [7, 11) is 0. The van der Waals surface area contributed by atoms with Gasteiger partial charge in [0.05, 0.1) is 6.04 Å². The fourth-order valence-electron chi connectivity index (χ4n) is 0.556. The molecule has 0 rings (SSSR count). The van der Waals surface area contributed by atoms with E-state index in [1.807, 2.05) is 6.92 Å². The van der Waals surface area contributed by atoms with E-state index in [2.05, 4.69) is 12.6 Å². The average Bonchev–Trinajstić information content (AvgIpc) is 1.87. The number of hydrogen-bond acceptors (Lipinski definition) is 3. The molecule has 0 amide bonds. The van der Waals surface area contributed by atoms with Crippen LogP contribution in [0.4, 0.5) is 0 Å². The summed E-state index contributed by atoms with van der Waals surface area (Å²) in [5, 5.41) is 0. The normalized spacial score (nSPS) is 16.8. The fraction of sp³-hybridized carbons (Fsp3) is 0.833. The van der Waals surface area contributed by atoms with E-state index >= 15 is 0 Å². The second-order valence-corrected chi connectivity index (χ2v) is 2.61. The molecule has 0 aromatic rings.